The lowest BCUT2D eigenvalue weighted by Crippen LogP contribution is -2.41. The smallest absolute Gasteiger partial charge is 0.342 e. The van der Waals surface area contributed by atoms with E-state index < -0.39 is 11.6 Å². The van der Waals surface area contributed by atoms with Crippen LogP contribution in [0.1, 0.15) is 19.8 Å². The topological polar surface area (TPSA) is 89.6 Å². The van der Waals surface area contributed by atoms with E-state index in [0.717, 1.165) is 0 Å². The SMILES string of the molecule is CCC(=O)C1=C(N)C=CC(O)(C(=O)OC)C1. The van der Waals surface area contributed by atoms with Gasteiger partial charge in [-0.05, 0) is 12.2 Å². The van der Waals surface area contributed by atoms with Crippen LogP contribution in [0.4, 0.5) is 0 Å². The van der Waals surface area contributed by atoms with Gasteiger partial charge in [0.25, 0.3) is 0 Å². The highest BCUT2D eigenvalue weighted by atomic mass is 16.5. The molecule has 3 N–H and O–H groups in total. The molecular formula is C11H15NO4. The molecule has 1 rings (SSSR count). The monoisotopic (exact) mass is 225 g/mol. The lowest BCUT2D eigenvalue weighted by Gasteiger charge is -2.26. The third-order valence-electron chi connectivity index (χ3n) is 2.53. The van der Waals surface area contributed by atoms with E-state index >= 15 is 0 Å². The van der Waals surface area contributed by atoms with Crippen molar-refractivity contribution in [2.24, 2.45) is 5.73 Å². The summed E-state index contributed by atoms with van der Waals surface area (Å²) in [5.74, 6) is -0.971. The van der Waals surface area contributed by atoms with Crippen molar-refractivity contribution in [3.8, 4) is 0 Å². The highest BCUT2D eigenvalue weighted by Crippen LogP contribution is 2.27. The number of rotatable bonds is 3. The van der Waals surface area contributed by atoms with Gasteiger partial charge in [-0.25, -0.2) is 4.79 Å². The molecule has 0 saturated carbocycles. The second kappa shape index (κ2) is 4.49. The summed E-state index contributed by atoms with van der Waals surface area (Å²) in [4.78, 5) is 22.9. The van der Waals surface area contributed by atoms with Gasteiger partial charge in [-0.1, -0.05) is 6.92 Å². The fourth-order valence-corrected chi connectivity index (χ4v) is 1.55. The van der Waals surface area contributed by atoms with Crippen molar-refractivity contribution in [2.75, 3.05) is 7.11 Å². The molecule has 0 saturated heterocycles. The maximum atomic E-state index is 11.5. The number of hydrogen-bond donors (Lipinski definition) is 2. The number of esters is 1. The molecule has 0 amide bonds. The molecule has 0 heterocycles. The normalized spacial score (nSPS) is 24.4. The van der Waals surface area contributed by atoms with Gasteiger partial charge >= 0.3 is 5.97 Å². The Morgan fingerprint density at radius 3 is 2.75 bits per heavy atom. The lowest BCUT2D eigenvalue weighted by atomic mass is 9.86. The van der Waals surface area contributed by atoms with E-state index in [2.05, 4.69) is 4.74 Å². The van der Waals surface area contributed by atoms with Gasteiger partial charge in [-0.3, -0.25) is 4.79 Å². The molecule has 88 valence electrons. The molecule has 5 heteroatoms. The van der Waals surface area contributed by atoms with E-state index in [0.29, 0.717) is 5.70 Å². The number of methoxy groups -OCH3 is 1. The summed E-state index contributed by atoms with van der Waals surface area (Å²) in [6.07, 6.45) is 2.76. The van der Waals surface area contributed by atoms with Crippen LogP contribution in [0.2, 0.25) is 0 Å². The van der Waals surface area contributed by atoms with Crippen LogP contribution in [0.25, 0.3) is 0 Å². The van der Waals surface area contributed by atoms with Crippen LogP contribution < -0.4 is 5.73 Å². The minimum absolute atomic E-state index is 0.130. The fraction of sp³-hybridized carbons (Fsp3) is 0.455. The van der Waals surface area contributed by atoms with Crippen molar-refractivity contribution in [1.82, 2.24) is 0 Å². The minimum Gasteiger partial charge on any atom is -0.467 e. The van der Waals surface area contributed by atoms with Gasteiger partial charge in [0.15, 0.2) is 11.4 Å². The van der Waals surface area contributed by atoms with Crippen molar-refractivity contribution in [3.05, 3.63) is 23.4 Å². The third-order valence-corrected chi connectivity index (χ3v) is 2.53. The van der Waals surface area contributed by atoms with Crippen molar-refractivity contribution in [3.63, 3.8) is 0 Å². The first-order valence-electron chi connectivity index (χ1n) is 4.96. The van der Waals surface area contributed by atoms with Gasteiger partial charge in [0, 0.05) is 24.1 Å². The number of ketones is 1. The molecule has 0 fully saturated rings. The molecule has 16 heavy (non-hydrogen) atoms. The summed E-state index contributed by atoms with van der Waals surface area (Å²) < 4.78 is 4.47. The molecule has 0 spiro atoms. The molecule has 0 aliphatic heterocycles. The maximum absolute atomic E-state index is 11.5. The second-order valence-corrected chi connectivity index (χ2v) is 3.64. The van der Waals surface area contributed by atoms with Crippen LogP contribution in [0, 0.1) is 0 Å². The van der Waals surface area contributed by atoms with Gasteiger partial charge in [-0.15, -0.1) is 0 Å². The number of carbonyl (C=O) groups excluding carboxylic acids is 2. The van der Waals surface area contributed by atoms with E-state index in [4.69, 9.17) is 5.73 Å². The highest BCUT2D eigenvalue weighted by Gasteiger charge is 2.39. The number of allylic oxidation sites excluding steroid dienone is 1. The molecule has 1 aliphatic rings. The zero-order valence-corrected chi connectivity index (χ0v) is 9.32. The molecule has 0 aromatic carbocycles. The van der Waals surface area contributed by atoms with Crippen LogP contribution in [0.3, 0.4) is 0 Å². The number of aliphatic hydroxyl groups is 1. The Balaban J connectivity index is 3.02. The third kappa shape index (κ3) is 2.14. The minimum atomic E-state index is -1.78. The van der Waals surface area contributed by atoms with E-state index in [1.165, 1.54) is 19.3 Å². The first kappa shape index (κ1) is 12.4. The highest BCUT2D eigenvalue weighted by molar-refractivity contribution is 5.98. The van der Waals surface area contributed by atoms with Crippen molar-refractivity contribution in [1.29, 1.82) is 0 Å². The quantitative estimate of drug-likeness (QED) is 0.662. The number of nitrogens with two attached hydrogens (primary N) is 1. The summed E-state index contributed by atoms with van der Waals surface area (Å²) in [5, 5.41) is 9.97. The van der Waals surface area contributed by atoms with Crippen LogP contribution in [-0.4, -0.2) is 29.6 Å². The molecule has 0 bridgehead atoms. The number of Topliss-reactive ketones (excluding diaryl/α,β-unsaturated/α-hetero) is 1. The summed E-state index contributed by atoms with van der Waals surface area (Å²) in [5.41, 5.74) is 4.41. The van der Waals surface area contributed by atoms with Crippen LogP contribution in [-0.2, 0) is 14.3 Å². The molecule has 1 unspecified atom stereocenters. The average molecular weight is 225 g/mol. The Kier molecular flexibility index (Phi) is 3.49. The number of hydrogen-bond acceptors (Lipinski definition) is 5. The van der Waals surface area contributed by atoms with E-state index in [1.54, 1.807) is 6.92 Å². The zero-order chi connectivity index (χ0) is 12.3. The predicted octanol–water partition coefficient (Wildman–Crippen LogP) is 0.0423. The van der Waals surface area contributed by atoms with Gasteiger partial charge in [-0.2, -0.15) is 0 Å². The Morgan fingerprint density at radius 1 is 1.62 bits per heavy atom. The predicted molar refractivity (Wildman–Crippen MR) is 57.2 cm³/mol. The van der Waals surface area contributed by atoms with Gasteiger partial charge in [0.2, 0.25) is 0 Å². The van der Waals surface area contributed by atoms with E-state index in [1.807, 2.05) is 0 Å². The fourth-order valence-electron chi connectivity index (χ4n) is 1.55. The van der Waals surface area contributed by atoms with E-state index in [9.17, 15) is 14.7 Å². The molecule has 0 aromatic rings. The van der Waals surface area contributed by atoms with Gasteiger partial charge in [0.05, 0.1) is 7.11 Å². The number of carbonyl (C=O) groups is 2. The molecule has 1 atom stereocenters. The first-order valence-corrected chi connectivity index (χ1v) is 4.96. The zero-order valence-electron chi connectivity index (χ0n) is 9.32. The standard InChI is InChI=1S/C11H15NO4/c1-3-9(13)7-6-11(15,10(14)16-2)5-4-8(7)12/h4-5,15H,3,6,12H2,1-2H3. The summed E-state index contributed by atoms with van der Waals surface area (Å²) in [7, 11) is 1.18. The number of ether oxygens (including phenoxy) is 1. The van der Waals surface area contributed by atoms with Crippen LogP contribution in [0.15, 0.2) is 23.4 Å². The van der Waals surface area contributed by atoms with Crippen LogP contribution >= 0.6 is 0 Å². The Hall–Kier alpha value is -1.62. The van der Waals surface area contributed by atoms with Crippen molar-refractivity contribution < 1.29 is 19.4 Å². The molecule has 5 nitrogen and oxygen atoms in total. The average Bonchev–Trinajstić information content (AvgIpc) is 2.30. The van der Waals surface area contributed by atoms with Crippen molar-refractivity contribution in [2.45, 2.75) is 25.4 Å². The lowest BCUT2D eigenvalue weighted by molar-refractivity contribution is -0.157. The Labute approximate surface area is 93.6 Å². The van der Waals surface area contributed by atoms with Gasteiger partial charge < -0.3 is 15.6 Å². The Morgan fingerprint density at radius 2 is 2.25 bits per heavy atom. The summed E-state index contributed by atoms with van der Waals surface area (Å²) >= 11 is 0. The Bertz CT molecular complexity index is 383. The largest absolute Gasteiger partial charge is 0.467 e. The van der Waals surface area contributed by atoms with Gasteiger partial charge in [0.1, 0.15) is 0 Å². The summed E-state index contributed by atoms with van der Waals surface area (Å²) in [6.45, 7) is 1.69. The molecule has 0 aromatic heterocycles. The van der Waals surface area contributed by atoms with E-state index in [-0.39, 0.29) is 24.2 Å². The summed E-state index contributed by atoms with van der Waals surface area (Å²) in [6, 6.07) is 0. The first-order chi connectivity index (χ1) is 7.44. The molecular weight excluding hydrogens is 210 g/mol. The maximum Gasteiger partial charge on any atom is 0.342 e. The molecule has 1 aliphatic carbocycles. The molecule has 0 radical (unpaired) electrons. The van der Waals surface area contributed by atoms with Crippen LogP contribution in [0.5, 0.6) is 0 Å². The van der Waals surface area contributed by atoms with Crippen molar-refractivity contribution >= 4 is 11.8 Å². The second-order valence-electron chi connectivity index (χ2n) is 3.64.